The highest BCUT2D eigenvalue weighted by Gasteiger charge is 2.10. The molecule has 0 aliphatic heterocycles. The summed E-state index contributed by atoms with van der Waals surface area (Å²) in [7, 11) is 0. The normalized spacial score (nSPS) is 10.4. The standard InChI is InChI=1S/C13H11FOS/c1-8-7-12(9(2)15)16-13(8)10-3-5-11(14)6-4-10/h3-7H,1-2H3. The van der Waals surface area contributed by atoms with Crippen LogP contribution in [0.15, 0.2) is 30.3 Å². The number of ketones is 1. The van der Waals surface area contributed by atoms with Crippen molar-refractivity contribution in [2.75, 3.05) is 0 Å². The molecule has 0 aliphatic rings. The van der Waals surface area contributed by atoms with Crippen LogP contribution in [0.5, 0.6) is 0 Å². The Morgan fingerprint density at radius 2 is 1.88 bits per heavy atom. The first-order chi connectivity index (χ1) is 7.58. The highest BCUT2D eigenvalue weighted by molar-refractivity contribution is 7.17. The Kier molecular flexibility index (Phi) is 2.88. The summed E-state index contributed by atoms with van der Waals surface area (Å²) in [5.74, 6) is -0.175. The summed E-state index contributed by atoms with van der Waals surface area (Å²) >= 11 is 1.45. The Bertz CT molecular complexity index is 525. The van der Waals surface area contributed by atoms with Gasteiger partial charge in [-0.2, -0.15) is 0 Å². The first kappa shape index (κ1) is 11.0. The molecule has 2 aromatic rings. The van der Waals surface area contributed by atoms with Crippen molar-refractivity contribution in [3.05, 3.63) is 46.6 Å². The van der Waals surface area contributed by atoms with E-state index in [1.54, 1.807) is 19.1 Å². The van der Waals surface area contributed by atoms with E-state index in [9.17, 15) is 9.18 Å². The van der Waals surface area contributed by atoms with Gasteiger partial charge in [0.15, 0.2) is 5.78 Å². The summed E-state index contributed by atoms with van der Waals surface area (Å²) < 4.78 is 12.8. The van der Waals surface area contributed by atoms with Gasteiger partial charge in [-0.15, -0.1) is 11.3 Å². The Labute approximate surface area is 97.6 Å². The minimum atomic E-state index is -0.246. The van der Waals surface area contributed by atoms with E-state index in [0.29, 0.717) is 0 Å². The maximum Gasteiger partial charge on any atom is 0.169 e. The van der Waals surface area contributed by atoms with E-state index < -0.39 is 0 Å². The Morgan fingerprint density at radius 3 is 2.38 bits per heavy atom. The Morgan fingerprint density at radius 1 is 1.25 bits per heavy atom. The van der Waals surface area contributed by atoms with Gasteiger partial charge < -0.3 is 0 Å². The molecule has 1 heterocycles. The lowest BCUT2D eigenvalue weighted by molar-refractivity contribution is 0.102. The molecule has 1 aromatic heterocycles. The number of Topliss-reactive ketones (excluding diaryl/α,β-unsaturated/α-hetero) is 1. The van der Waals surface area contributed by atoms with Gasteiger partial charge in [-0.1, -0.05) is 12.1 Å². The molecule has 0 fully saturated rings. The van der Waals surface area contributed by atoms with Crippen LogP contribution >= 0.6 is 11.3 Å². The van der Waals surface area contributed by atoms with Crippen LogP contribution in [0.1, 0.15) is 22.2 Å². The van der Waals surface area contributed by atoms with Gasteiger partial charge in [-0.05, 0) is 43.2 Å². The van der Waals surface area contributed by atoms with Crippen LogP contribution in [-0.4, -0.2) is 5.78 Å². The lowest BCUT2D eigenvalue weighted by atomic mass is 10.1. The van der Waals surface area contributed by atoms with Gasteiger partial charge in [-0.3, -0.25) is 4.79 Å². The zero-order valence-electron chi connectivity index (χ0n) is 9.08. The van der Waals surface area contributed by atoms with Crippen molar-refractivity contribution in [3.8, 4) is 10.4 Å². The second-order valence-electron chi connectivity index (χ2n) is 3.69. The molecule has 2 rings (SSSR count). The van der Waals surface area contributed by atoms with E-state index in [1.165, 1.54) is 23.5 Å². The summed E-state index contributed by atoms with van der Waals surface area (Å²) in [6.45, 7) is 3.52. The van der Waals surface area contributed by atoms with Crippen molar-refractivity contribution < 1.29 is 9.18 Å². The first-order valence-corrected chi connectivity index (χ1v) is 5.77. The number of halogens is 1. The molecule has 0 radical (unpaired) electrons. The van der Waals surface area contributed by atoms with Crippen molar-refractivity contribution >= 4 is 17.1 Å². The molecular weight excluding hydrogens is 223 g/mol. The SMILES string of the molecule is CC(=O)c1cc(C)c(-c2ccc(F)cc2)s1. The Hall–Kier alpha value is -1.48. The maximum absolute atomic E-state index is 12.8. The van der Waals surface area contributed by atoms with Crippen molar-refractivity contribution in [2.24, 2.45) is 0 Å². The summed E-state index contributed by atoms with van der Waals surface area (Å²) in [4.78, 5) is 13.0. The van der Waals surface area contributed by atoms with Crippen LogP contribution in [0.4, 0.5) is 4.39 Å². The molecule has 0 atom stereocenters. The molecule has 0 unspecified atom stereocenters. The largest absolute Gasteiger partial charge is 0.294 e. The van der Waals surface area contributed by atoms with Gasteiger partial charge in [0.05, 0.1) is 4.88 Å². The molecule has 16 heavy (non-hydrogen) atoms. The average molecular weight is 234 g/mol. The molecule has 0 bridgehead atoms. The van der Waals surface area contributed by atoms with E-state index in [1.807, 2.05) is 13.0 Å². The zero-order chi connectivity index (χ0) is 11.7. The second kappa shape index (κ2) is 4.18. The van der Waals surface area contributed by atoms with Gasteiger partial charge in [0.1, 0.15) is 5.82 Å². The maximum atomic E-state index is 12.8. The van der Waals surface area contributed by atoms with E-state index in [4.69, 9.17) is 0 Å². The molecule has 1 nitrogen and oxygen atoms in total. The smallest absolute Gasteiger partial charge is 0.169 e. The molecule has 3 heteroatoms. The van der Waals surface area contributed by atoms with Crippen molar-refractivity contribution in [1.29, 1.82) is 0 Å². The minimum absolute atomic E-state index is 0.0708. The quantitative estimate of drug-likeness (QED) is 0.716. The van der Waals surface area contributed by atoms with Crippen LogP contribution in [0.2, 0.25) is 0 Å². The number of aryl methyl sites for hydroxylation is 1. The topological polar surface area (TPSA) is 17.1 Å². The van der Waals surface area contributed by atoms with Crippen LogP contribution in [0.25, 0.3) is 10.4 Å². The summed E-state index contributed by atoms with van der Waals surface area (Å²) in [6, 6.07) is 8.21. The van der Waals surface area contributed by atoms with Crippen LogP contribution < -0.4 is 0 Å². The summed E-state index contributed by atoms with van der Waals surface area (Å²) in [5.41, 5.74) is 2.01. The van der Waals surface area contributed by atoms with Crippen molar-refractivity contribution in [1.82, 2.24) is 0 Å². The predicted molar refractivity (Wildman–Crippen MR) is 64.5 cm³/mol. The lowest BCUT2D eigenvalue weighted by Gasteiger charge is -1.98. The molecular formula is C13H11FOS. The number of rotatable bonds is 2. The lowest BCUT2D eigenvalue weighted by Crippen LogP contribution is -1.83. The van der Waals surface area contributed by atoms with Gasteiger partial charge in [-0.25, -0.2) is 4.39 Å². The fraction of sp³-hybridized carbons (Fsp3) is 0.154. The van der Waals surface area contributed by atoms with Gasteiger partial charge in [0, 0.05) is 4.88 Å². The third-order valence-electron chi connectivity index (χ3n) is 2.37. The van der Waals surface area contributed by atoms with Gasteiger partial charge in [0.2, 0.25) is 0 Å². The number of thiophene rings is 1. The number of benzene rings is 1. The van der Waals surface area contributed by atoms with E-state index in [2.05, 4.69) is 0 Å². The summed E-state index contributed by atoms with van der Waals surface area (Å²) in [5, 5.41) is 0. The number of carbonyl (C=O) groups excluding carboxylic acids is 1. The highest BCUT2D eigenvalue weighted by atomic mass is 32.1. The zero-order valence-corrected chi connectivity index (χ0v) is 9.90. The molecule has 82 valence electrons. The van der Waals surface area contributed by atoms with Crippen molar-refractivity contribution in [2.45, 2.75) is 13.8 Å². The van der Waals surface area contributed by atoms with Crippen LogP contribution in [0, 0.1) is 12.7 Å². The number of hydrogen-bond acceptors (Lipinski definition) is 2. The fourth-order valence-electron chi connectivity index (χ4n) is 1.54. The minimum Gasteiger partial charge on any atom is -0.294 e. The number of hydrogen-bond donors (Lipinski definition) is 0. The van der Waals surface area contributed by atoms with Crippen LogP contribution in [0.3, 0.4) is 0 Å². The number of carbonyl (C=O) groups is 1. The molecule has 0 N–H and O–H groups in total. The predicted octanol–water partition coefficient (Wildman–Crippen LogP) is 4.07. The van der Waals surface area contributed by atoms with E-state index >= 15 is 0 Å². The first-order valence-electron chi connectivity index (χ1n) is 4.95. The summed E-state index contributed by atoms with van der Waals surface area (Å²) in [6.07, 6.45) is 0. The van der Waals surface area contributed by atoms with Crippen molar-refractivity contribution in [3.63, 3.8) is 0 Å². The van der Waals surface area contributed by atoms with Crippen LogP contribution in [-0.2, 0) is 0 Å². The average Bonchev–Trinajstić information content (AvgIpc) is 2.62. The Balaban J connectivity index is 2.47. The monoisotopic (exact) mass is 234 g/mol. The fourth-order valence-corrected chi connectivity index (χ4v) is 2.62. The molecule has 0 amide bonds. The highest BCUT2D eigenvalue weighted by Crippen LogP contribution is 2.32. The molecule has 0 saturated heterocycles. The van der Waals surface area contributed by atoms with Gasteiger partial charge >= 0.3 is 0 Å². The van der Waals surface area contributed by atoms with E-state index in [-0.39, 0.29) is 11.6 Å². The molecule has 0 spiro atoms. The van der Waals surface area contributed by atoms with Gasteiger partial charge in [0.25, 0.3) is 0 Å². The van der Waals surface area contributed by atoms with E-state index in [0.717, 1.165) is 20.9 Å². The molecule has 0 aliphatic carbocycles. The third-order valence-corrected chi connectivity index (χ3v) is 3.76. The second-order valence-corrected chi connectivity index (χ2v) is 4.74. The third kappa shape index (κ3) is 2.04. The molecule has 1 aromatic carbocycles. The molecule has 0 saturated carbocycles.